The zero-order chi connectivity index (χ0) is 16.7. The molecule has 0 unspecified atom stereocenters. The van der Waals surface area contributed by atoms with Crippen LogP contribution < -0.4 is 9.64 Å². The van der Waals surface area contributed by atoms with Crippen molar-refractivity contribution in [1.82, 2.24) is 9.29 Å². The minimum atomic E-state index is -3.70. The fraction of sp³-hybridized carbons (Fsp3) is 0.333. The van der Waals surface area contributed by atoms with E-state index >= 15 is 0 Å². The molecule has 0 saturated carbocycles. The van der Waals surface area contributed by atoms with Crippen molar-refractivity contribution in [3.63, 3.8) is 0 Å². The number of amides is 1. The lowest BCUT2D eigenvalue weighted by Gasteiger charge is -2.32. The van der Waals surface area contributed by atoms with Gasteiger partial charge >= 0.3 is 0 Å². The van der Waals surface area contributed by atoms with Gasteiger partial charge in [0, 0.05) is 31.1 Å². The minimum Gasteiger partial charge on any atom is -0.493 e. The summed E-state index contributed by atoms with van der Waals surface area (Å²) < 4.78 is 32.3. The Balaban J connectivity index is 1.57. The van der Waals surface area contributed by atoms with Crippen LogP contribution in [0.1, 0.15) is 5.56 Å². The second kappa shape index (κ2) is 5.83. The van der Waals surface area contributed by atoms with Crippen LogP contribution in [-0.4, -0.2) is 49.9 Å². The molecule has 1 amide bonds. The normalized spacial score (nSPS) is 18.5. The van der Waals surface area contributed by atoms with E-state index < -0.39 is 10.0 Å². The van der Waals surface area contributed by atoms with Crippen LogP contribution in [0.3, 0.4) is 0 Å². The van der Waals surface area contributed by atoms with Crippen molar-refractivity contribution in [2.45, 2.75) is 11.3 Å². The van der Waals surface area contributed by atoms with E-state index in [1.54, 1.807) is 23.7 Å². The van der Waals surface area contributed by atoms with Gasteiger partial charge in [0.25, 0.3) is 0 Å². The number of nitrogens with zero attached hydrogens (tertiary/aromatic N) is 3. The number of fused-ring (bicyclic) bond motifs is 1. The summed E-state index contributed by atoms with van der Waals surface area (Å²) in [5, 5.41) is 2.39. The highest BCUT2D eigenvalue weighted by atomic mass is 32.2. The van der Waals surface area contributed by atoms with Gasteiger partial charge in [0.2, 0.25) is 15.9 Å². The van der Waals surface area contributed by atoms with E-state index in [4.69, 9.17) is 4.74 Å². The number of benzene rings is 1. The first kappa shape index (κ1) is 15.6. The first-order valence-corrected chi connectivity index (χ1v) is 9.83. The van der Waals surface area contributed by atoms with Crippen LogP contribution in [0.4, 0.5) is 5.13 Å². The number of thiazole rings is 1. The monoisotopic (exact) mass is 365 g/mol. The van der Waals surface area contributed by atoms with Gasteiger partial charge in [0.1, 0.15) is 5.75 Å². The molecule has 0 N–H and O–H groups in total. The molecule has 0 aliphatic carbocycles. The third-order valence-corrected chi connectivity index (χ3v) is 6.77. The van der Waals surface area contributed by atoms with Gasteiger partial charge in [-0.15, -0.1) is 11.3 Å². The second-order valence-corrected chi connectivity index (χ2v) is 8.38. The van der Waals surface area contributed by atoms with Crippen LogP contribution in [0, 0.1) is 0 Å². The van der Waals surface area contributed by atoms with E-state index in [0.717, 1.165) is 11.3 Å². The molecule has 7 nitrogen and oxygen atoms in total. The molecule has 1 fully saturated rings. The molecule has 1 aromatic heterocycles. The first-order valence-electron chi connectivity index (χ1n) is 7.51. The zero-order valence-corrected chi connectivity index (χ0v) is 14.3. The SMILES string of the molecule is O=C1CN(S(=O)(=O)c2ccc3c(c2)CCO3)CCN1c1nccs1. The molecule has 0 radical (unpaired) electrons. The summed E-state index contributed by atoms with van der Waals surface area (Å²) in [6.45, 7) is 0.959. The quantitative estimate of drug-likeness (QED) is 0.814. The number of aromatic nitrogens is 1. The van der Waals surface area contributed by atoms with Crippen LogP contribution in [0.5, 0.6) is 5.75 Å². The molecule has 0 bridgehead atoms. The van der Waals surface area contributed by atoms with Crippen molar-refractivity contribution in [1.29, 1.82) is 0 Å². The Hall–Kier alpha value is -1.97. The number of carbonyl (C=O) groups excluding carboxylic acids is 1. The standard InChI is InChI=1S/C15H15N3O4S2/c19-14-10-17(5-6-18(14)15-16-4-8-23-15)24(20,21)12-1-2-13-11(9-12)3-7-22-13/h1-2,4,8-9H,3,5-7,10H2. The zero-order valence-electron chi connectivity index (χ0n) is 12.7. The van der Waals surface area contributed by atoms with Crippen molar-refractivity contribution in [2.24, 2.45) is 0 Å². The number of rotatable bonds is 3. The number of ether oxygens (including phenoxy) is 1. The minimum absolute atomic E-state index is 0.171. The third kappa shape index (κ3) is 2.58. The number of hydrogen-bond acceptors (Lipinski definition) is 6. The van der Waals surface area contributed by atoms with Crippen LogP contribution >= 0.6 is 11.3 Å². The Kier molecular flexibility index (Phi) is 3.78. The highest BCUT2D eigenvalue weighted by Crippen LogP contribution is 2.29. The molecule has 126 valence electrons. The largest absolute Gasteiger partial charge is 0.493 e. The van der Waals surface area contributed by atoms with Crippen molar-refractivity contribution < 1.29 is 17.9 Å². The van der Waals surface area contributed by atoms with Crippen LogP contribution in [0.25, 0.3) is 0 Å². The number of sulfonamides is 1. The summed E-state index contributed by atoms with van der Waals surface area (Å²) in [6.07, 6.45) is 2.33. The topological polar surface area (TPSA) is 79.8 Å². The molecule has 1 saturated heterocycles. The average Bonchev–Trinajstić information content (AvgIpc) is 3.25. The smallest absolute Gasteiger partial charge is 0.244 e. The number of hydrogen-bond donors (Lipinski definition) is 0. The van der Waals surface area contributed by atoms with Crippen molar-refractivity contribution in [3.05, 3.63) is 35.3 Å². The van der Waals surface area contributed by atoms with E-state index in [-0.39, 0.29) is 23.9 Å². The molecule has 2 aromatic rings. The summed E-state index contributed by atoms with van der Waals surface area (Å²) in [4.78, 5) is 18.2. The predicted molar refractivity (Wildman–Crippen MR) is 88.9 cm³/mol. The highest BCUT2D eigenvalue weighted by Gasteiger charge is 2.34. The maximum Gasteiger partial charge on any atom is 0.244 e. The fourth-order valence-electron chi connectivity index (χ4n) is 2.88. The maximum absolute atomic E-state index is 12.8. The van der Waals surface area contributed by atoms with Crippen molar-refractivity contribution in [2.75, 3.05) is 31.1 Å². The summed E-state index contributed by atoms with van der Waals surface area (Å²) in [5.74, 6) is 0.475. The van der Waals surface area contributed by atoms with Gasteiger partial charge in [0.05, 0.1) is 18.0 Å². The molecular formula is C15H15N3O4S2. The van der Waals surface area contributed by atoms with Gasteiger partial charge in [-0.2, -0.15) is 4.31 Å². The lowest BCUT2D eigenvalue weighted by atomic mass is 10.2. The molecule has 0 atom stereocenters. The number of anilines is 1. The molecule has 2 aliphatic rings. The molecule has 0 spiro atoms. The van der Waals surface area contributed by atoms with Crippen LogP contribution in [0.2, 0.25) is 0 Å². The van der Waals surface area contributed by atoms with Crippen molar-refractivity contribution in [3.8, 4) is 5.75 Å². The van der Waals surface area contributed by atoms with E-state index in [1.807, 2.05) is 0 Å². The lowest BCUT2D eigenvalue weighted by molar-refractivity contribution is -0.119. The number of piperazine rings is 1. The van der Waals surface area contributed by atoms with E-state index in [0.29, 0.717) is 24.7 Å². The van der Waals surface area contributed by atoms with Gasteiger partial charge in [-0.25, -0.2) is 13.4 Å². The van der Waals surface area contributed by atoms with E-state index in [2.05, 4.69) is 4.98 Å². The van der Waals surface area contributed by atoms with Gasteiger partial charge in [-0.3, -0.25) is 9.69 Å². The highest BCUT2D eigenvalue weighted by molar-refractivity contribution is 7.89. The van der Waals surface area contributed by atoms with Gasteiger partial charge in [0.15, 0.2) is 5.13 Å². The summed E-state index contributed by atoms with van der Waals surface area (Å²) in [6, 6.07) is 4.87. The predicted octanol–water partition coefficient (Wildman–Crippen LogP) is 1.12. The summed E-state index contributed by atoms with van der Waals surface area (Å²) in [7, 11) is -3.70. The molecule has 3 heterocycles. The third-order valence-electron chi connectivity index (χ3n) is 4.13. The van der Waals surface area contributed by atoms with E-state index in [1.165, 1.54) is 26.6 Å². The van der Waals surface area contributed by atoms with E-state index in [9.17, 15) is 13.2 Å². The average molecular weight is 365 g/mol. The van der Waals surface area contributed by atoms with Gasteiger partial charge in [-0.1, -0.05) is 0 Å². The molecular weight excluding hydrogens is 350 g/mol. The van der Waals surface area contributed by atoms with Crippen LogP contribution in [0.15, 0.2) is 34.7 Å². The second-order valence-electron chi connectivity index (χ2n) is 5.57. The Bertz CT molecular complexity index is 880. The summed E-state index contributed by atoms with van der Waals surface area (Å²) in [5.41, 5.74) is 0.892. The fourth-order valence-corrected chi connectivity index (χ4v) is 5.00. The lowest BCUT2D eigenvalue weighted by Crippen LogP contribution is -2.52. The van der Waals surface area contributed by atoms with Crippen molar-refractivity contribution >= 4 is 32.4 Å². The number of carbonyl (C=O) groups is 1. The summed E-state index contributed by atoms with van der Waals surface area (Å²) >= 11 is 1.36. The molecule has 2 aliphatic heterocycles. The molecule has 4 rings (SSSR count). The Morgan fingerprint density at radius 3 is 2.88 bits per heavy atom. The Morgan fingerprint density at radius 1 is 1.25 bits per heavy atom. The molecule has 9 heteroatoms. The Labute approximate surface area is 143 Å². The first-order chi connectivity index (χ1) is 11.6. The Morgan fingerprint density at radius 2 is 2.12 bits per heavy atom. The van der Waals surface area contributed by atoms with Crippen LogP contribution in [-0.2, 0) is 21.2 Å². The molecule has 1 aromatic carbocycles. The molecule has 24 heavy (non-hydrogen) atoms. The van der Waals surface area contributed by atoms with Gasteiger partial charge < -0.3 is 4.74 Å². The maximum atomic E-state index is 12.8. The van der Waals surface area contributed by atoms with Gasteiger partial charge in [-0.05, 0) is 23.8 Å².